The average Bonchev–Trinajstić information content (AvgIpc) is 2.64. The summed E-state index contributed by atoms with van der Waals surface area (Å²) in [6.07, 6.45) is 5.03. The highest BCUT2D eigenvalue weighted by atomic mass is 127. The second kappa shape index (κ2) is 12.6. The number of morpholine rings is 1. The van der Waals surface area contributed by atoms with E-state index in [1.807, 2.05) is 6.92 Å². The first-order valence-electron chi connectivity index (χ1n) is 11.0. The van der Waals surface area contributed by atoms with E-state index in [9.17, 15) is 5.11 Å². The molecular weight excluding hydrogens is 481 g/mol. The number of halogens is 1. The molecule has 2 rings (SSSR count). The molecule has 0 aromatic heterocycles. The van der Waals surface area contributed by atoms with Crippen LogP contribution in [0.15, 0.2) is 4.99 Å². The number of ether oxygens (including phenoxy) is 1. The minimum atomic E-state index is -0.849. The maximum absolute atomic E-state index is 10.8. The second-order valence-electron chi connectivity index (χ2n) is 9.25. The third-order valence-corrected chi connectivity index (χ3v) is 6.19. The maximum Gasteiger partial charge on any atom is 0.191 e. The Balaban J connectivity index is 0.00000420. The van der Waals surface area contributed by atoms with Gasteiger partial charge in [0.05, 0.1) is 25.4 Å². The molecule has 29 heavy (non-hydrogen) atoms. The number of nitrogens with zero attached hydrogens (tertiary/aromatic N) is 3. The number of nitrogens with one attached hydrogen (secondary N) is 2. The van der Waals surface area contributed by atoms with Crippen molar-refractivity contribution < 1.29 is 9.84 Å². The van der Waals surface area contributed by atoms with Gasteiger partial charge < -0.3 is 25.4 Å². The molecule has 2 aliphatic rings. The van der Waals surface area contributed by atoms with E-state index in [0.29, 0.717) is 13.1 Å². The number of rotatable bonds is 8. The maximum atomic E-state index is 10.8. The Morgan fingerprint density at radius 3 is 2.59 bits per heavy atom. The first-order chi connectivity index (χ1) is 13.3. The summed E-state index contributed by atoms with van der Waals surface area (Å²) in [5.74, 6) is 1.55. The number of hydrogen-bond donors (Lipinski definition) is 3. The molecule has 0 radical (unpaired) electrons. The van der Waals surface area contributed by atoms with Crippen LogP contribution in [0.1, 0.15) is 46.5 Å². The number of aliphatic hydroxyl groups is 1. The van der Waals surface area contributed by atoms with Crippen molar-refractivity contribution >= 4 is 29.9 Å². The Kier molecular flexibility index (Phi) is 11.7. The number of β-amino-alcohol motifs (C(OH)–C–C–N with tert-alkyl or cyclic N) is 1. The highest BCUT2D eigenvalue weighted by Crippen LogP contribution is 2.35. The van der Waals surface area contributed by atoms with Crippen LogP contribution in [0.2, 0.25) is 0 Å². The van der Waals surface area contributed by atoms with E-state index < -0.39 is 5.60 Å². The Hall–Kier alpha value is -0.160. The minimum absolute atomic E-state index is 0. The quantitative estimate of drug-likeness (QED) is 0.255. The van der Waals surface area contributed by atoms with Gasteiger partial charge in [0, 0.05) is 38.3 Å². The molecule has 1 aliphatic carbocycles. The van der Waals surface area contributed by atoms with Gasteiger partial charge in [0.2, 0.25) is 0 Å². The molecule has 0 amide bonds. The molecule has 0 bridgehead atoms. The number of hydrogen-bond acceptors (Lipinski definition) is 5. The van der Waals surface area contributed by atoms with Gasteiger partial charge in [-0.15, -0.1) is 24.0 Å². The highest BCUT2D eigenvalue weighted by molar-refractivity contribution is 14.0. The van der Waals surface area contributed by atoms with Gasteiger partial charge in [-0.25, -0.2) is 0 Å². The van der Waals surface area contributed by atoms with E-state index in [2.05, 4.69) is 48.4 Å². The molecule has 2 fully saturated rings. The van der Waals surface area contributed by atoms with Crippen molar-refractivity contribution in [3.63, 3.8) is 0 Å². The lowest BCUT2D eigenvalue weighted by Gasteiger charge is -2.45. The molecule has 1 aliphatic heterocycles. The molecular formula is C21H44IN5O2. The standard InChI is InChI=1S/C21H43N5O2.HI/c1-6-22-19(23-15-20(3,27)17-26-10-12-28-13-11-26)24-16-21(25(4)5)9-7-8-18(2)14-21;/h18,27H,6-17H2,1-5H3,(H2,22,23,24);1H. The van der Waals surface area contributed by atoms with Gasteiger partial charge >= 0.3 is 0 Å². The van der Waals surface area contributed by atoms with Crippen LogP contribution in [0.25, 0.3) is 0 Å². The molecule has 1 saturated carbocycles. The van der Waals surface area contributed by atoms with Gasteiger partial charge in [0.15, 0.2) is 5.96 Å². The monoisotopic (exact) mass is 525 g/mol. The molecule has 0 spiro atoms. The predicted molar refractivity (Wildman–Crippen MR) is 131 cm³/mol. The zero-order chi connectivity index (χ0) is 20.6. The van der Waals surface area contributed by atoms with Crippen molar-refractivity contribution in [3.05, 3.63) is 0 Å². The van der Waals surface area contributed by atoms with E-state index in [1.54, 1.807) is 0 Å². The second-order valence-corrected chi connectivity index (χ2v) is 9.25. The molecule has 3 unspecified atom stereocenters. The largest absolute Gasteiger partial charge is 0.387 e. The Bertz CT molecular complexity index is 497. The summed E-state index contributed by atoms with van der Waals surface area (Å²) in [6, 6.07) is 0. The van der Waals surface area contributed by atoms with E-state index in [-0.39, 0.29) is 29.5 Å². The van der Waals surface area contributed by atoms with Crippen LogP contribution in [-0.4, -0.2) is 98.6 Å². The van der Waals surface area contributed by atoms with Crippen LogP contribution in [0.4, 0.5) is 0 Å². The van der Waals surface area contributed by atoms with Crippen molar-refractivity contribution in [3.8, 4) is 0 Å². The zero-order valence-electron chi connectivity index (χ0n) is 19.2. The lowest BCUT2D eigenvalue weighted by molar-refractivity contribution is -0.0180. The number of aliphatic imine (C=N–C) groups is 1. The topological polar surface area (TPSA) is 72.4 Å². The Morgan fingerprint density at radius 2 is 2.00 bits per heavy atom. The molecule has 8 heteroatoms. The van der Waals surface area contributed by atoms with Crippen LogP contribution in [-0.2, 0) is 4.74 Å². The number of likely N-dealkylation sites (N-methyl/N-ethyl adjacent to an activating group) is 1. The minimum Gasteiger partial charge on any atom is -0.387 e. The summed E-state index contributed by atoms with van der Waals surface area (Å²) in [7, 11) is 4.38. The van der Waals surface area contributed by atoms with Crippen molar-refractivity contribution in [1.82, 2.24) is 20.4 Å². The van der Waals surface area contributed by atoms with Gasteiger partial charge in [0.1, 0.15) is 0 Å². The smallest absolute Gasteiger partial charge is 0.191 e. The fourth-order valence-corrected chi connectivity index (χ4v) is 4.49. The van der Waals surface area contributed by atoms with E-state index in [1.165, 1.54) is 25.7 Å². The molecule has 3 atom stereocenters. The molecule has 172 valence electrons. The first kappa shape index (κ1) is 26.9. The lowest BCUT2D eigenvalue weighted by atomic mass is 9.75. The average molecular weight is 526 g/mol. The lowest BCUT2D eigenvalue weighted by Crippen LogP contribution is -2.56. The van der Waals surface area contributed by atoms with Crippen LogP contribution < -0.4 is 10.6 Å². The zero-order valence-corrected chi connectivity index (χ0v) is 21.5. The van der Waals surface area contributed by atoms with Gasteiger partial charge in [-0.05, 0) is 46.7 Å². The summed E-state index contributed by atoms with van der Waals surface area (Å²) >= 11 is 0. The van der Waals surface area contributed by atoms with Gasteiger partial charge in [-0.2, -0.15) is 0 Å². The summed E-state index contributed by atoms with van der Waals surface area (Å²) in [5.41, 5.74) is -0.678. The highest BCUT2D eigenvalue weighted by Gasteiger charge is 2.37. The SMILES string of the molecule is CCNC(=NCC(C)(O)CN1CCOCC1)NCC1(N(C)C)CCCC(C)C1.I. The van der Waals surface area contributed by atoms with Crippen molar-refractivity contribution in [2.75, 3.05) is 66.6 Å². The Morgan fingerprint density at radius 1 is 1.31 bits per heavy atom. The normalized spacial score (nSPS) is 28.5. The molecule has 0 aromatic carbocycles. The van der Waals surface area contributed by atoms with Gasteiger partial charge in [-0.1, -0.05) is 19.8 Å². The van der Waals surface area contributed by atoms with E-state index in [0.717, 1.165) is 51.3 Å². The molecule has 0 aromatic rings. The fraction of sp³-hybridized carbons (Fsp3) is 0.952. The summed E-state index contributed by atoms with van der Waals surface area (Å²) < 4.78 is 5.40. The van der Waals surface area contributed by atoms with Crippen LogP contribution in [0.5, 0.6) is 0 Å². The third-order valence-electron chi connectivity index (χ3n) is 6.19. The molecule has 1 heterocycles. The third kappa shape index (κ3) is 8.85. The van der Waals surface area contributed by atoms with Crippen molar-refractivity contribution in [2.45, 2.75) is 57.6 Å². The molecule has 3 N–H and O–H groups in total. The molecule has 1 saturated heterocycles. The summed E-state index contributed by atoms with van der Waals surface area (Å²) in [5, 5.41) is 17.7. The summed E-state index contributed by atoms with van der Waals surface area (Å²) in [6.45, 7) is 12.2. The van der Waals surface area contributed by atoms with Crippen LogP contribution in [0, 0.1) is 5.92 Å². The van der Waals surface area contributed by atoms with Crippen LogP contribution >= 0.6 is 24.0 Å². The van der Waals surface area contributed by atoms with Crippen LogP contribution in [0.3, 0.4) is 0 Å². The van der Waals surface area contributed by atoms with E-state index >= 15 is 0 Å². The van der Waals surface area contributed by atoms with Crippen molar-refractivity contribution in [2.24, 2.45) is 10.9 Å². The first-order valence-corrected chi connectivity index (χ1v) is 11.0. The predicted octanol–water partition coefficient (Wildman–Crippen LogP) is 1.75. The van der Waals surface area contributed by atoms with Crippen molar-refractivity contribution in [1.29, 1.82) is 0 Å². The number of guanidine groups is 1. The van der Waals surface area contributed by atoms with Gasteiger partial charge in [0.25, 0.3) is 0 Å². The summed E-state index contributed by atoms with van der Waals surface area (Å²) in [4.78, 5) is 9.35. The van der Waals surface area contributed by atoms with E-state index in [4.69, 9.17) is 9.73 Å². The van der Waals surface area contributed by atoms with Gasteiger partial charge in [-0.3, -0.25) is 9.89 Å². The fourth-order valence-electron chi connectivity index (χ4n) is 4.49. The molecule has 7 nitrogen and oxygen atoms in total. The Labute approximate surface area is 195 Å².